The number of hydrogen-bond acceptors (Lipinski definition) is 6. The van der Waals surface area contributed by atoms with E-state index in [1.807, 2.05) is 0 Å². The maximum Gasteiger partial charge on any atom is 0.341 e. The predicted octanol–water partition coefficient (Wildman–Crippen LogP) is -1.01. The number of carbonyl (C=O) groups excluding carboxylic acids is 2. The molecule has 16 heavy (non-hydrogen) atoms. The van der Waals surface area contributed by atoms with Crippen LogP contribution in [0.3, 0.4) is 0 Å². The van der Waals surface area contributed by atoms with Crippen LogP contribution in [0.1, 0.15) is 13.3 Å². The summed E-state index contributed by atoms with van der Waals surface area (Å²) in [6.45, 7) is 2.93. The lowest BCUT2D eigenvalue weighted by molar-refractivity contribution is -0.155. The largest absolute Gasteiger partial charge is 0.396 e. The van der Waals surface area contributed by atoms with Crippen LogP contribution < -0.4 is 0 Å². The molecule has 0 fully saturated rings. The van der Waals surface area contributed by atoms with E-state index in [1.165, 1.54) is 0 Å². The maximum atomic E-state index is 11.2. The fourth-order valence-electron chi connectivity index (χ4n) is 1.05. The summed E-state index contributed by atoms with van der Waals surface area (Å²) in [6.07, 6.45) is -0.150. The first-order valence-corrected chi connectivity index (χ1v) is 4.64. The Labute approximate surface area is 93.2 Å². The quantitative estimate of drug-likeness (QED) is 0.308. The molecule has 0 amide bonds. The molecule has 0 aromatic rings. The number of aliphatic hydroxyl groups excluding tert-OH is 3. The van der Waals surface area contributed by atoms with Crippen LogP contribution >= 0.6 is 0 Å². The fourth-order valence-corrected chi connectivity index (χ4v) is 1.05. The van der Waals surface area contributed by atoms with Gasteiger partial charge >= 0.3 is 11.9 Å². The van der Waals surface area contributed by atoms with Crippen LogP contribution in [-0.4, -0.2) is 47.1 Å². The topological polar surface area (TPSA) is 104 Å². The zero-order valence-electron chi connectivity index (χ0n) is 9.10. The Kier molecular flexibility index (Phi) is 5.87. The number of hydrogen-bond donors (Lipinski definition) is 3. The molecule has 6 heteroatoms. The number of ether oxygens (including phenoxy) is 1. The SMILES string of the molecule is C=C(CC(CO)(CO)CO)C(=O)OC(C)=O. The molecule has 0 aliphatic carbocycles. The van der Waals surface area contributed by atoms with Crippen molar-refractivity contribution in [1.82, 2.24) is 0 Å². The number of esters is 2. The molecule has 0 radical (unpaired) electrons. The minimum absolute atomic E-state index is 0.0904. The van der Waals surface area contributed by atoms with Gasteiger partial charge in [-0.25, -0.2) is 4.79 Å². The summed E-state index contributed by atoms with van der Waals surface area (Å²) in [7, 11) is 0. The van der Waals surface area contributed by atoms with Gasteiger partial charge in [-0.3, -0.25) is 4.79 Å². The molecule has 0 atom stereocenters. The smallest absolute Gasteiger partial charge is 0.341 e. The van der Waals surface area contributed by atoms with E-state index in [9.17, 15) is 9.59 Å². The van der Waals surface area contributed by atoms with Crippen LogP contribution in [0.25, 0.3) is 0 Å². The van der Waals surface area contributed by atoms with Crippen molar-refractivity contribution < 1.29 is 29.6 Å². The third-order valence-corrected chi connectivity index (χ3v) is 2.12. The summed E-state index contributed by atoms with van der Waals surface area (Å²) in [4.78, 5) is 21.7. The molecule has 0 aromatic heterocycles. The van der Waals surface area contributed by atoms with Crippen molar-refractivity contribution in [3.8, 4) is 0 Å². The maximum absolute atomic E-state index is 11.2. The lowest BCUT2D eigenvalue weighted by Gasteiger charge is -2.27. The third kappa shape index (κ3) is 4.09. The van der Waals surface area contributed by atoms with Crippen LogP contribution in [-0.2, 0) is 14.3 Å². The summed E-state index contributed by atoms with van der Waals surface area (Å²) in [6, 6.07) is 0. The zero-order valence-corrected chi connectivity index (χ0v) is 9.10. The second kappa shape index (κ2) is 6.37. The normalized spacial score (nSPS) is 11.0. The number of carbonyl (C=O) groups is 2. The van der Waals surface area contributed by atoms with Gasteiger partial charge in [0.05, 0.1) is 19.8 Å². The summed E-state index contributed by atoms with van der Waals surface area (Å²) in [5, 5.41) is 27.0. The van der Waals surface area contributed by atoms with Crippen molar-refractivity contribution >= 4 is 11.9 Å². The monoisotopic (exact) mass is 232 g/mol. The van der Waals surface area contributed by atoms with Crippen molar-refractivity contribution in [3.63, 3.8) is 0 Å². The number of rotatable bonds is 6. The molecule has 0 unspecified atom stereocenters. The highest BCUT2D eigenvalue weighted by atomic mass is 16.6. The molecule has 0 saturated heterocycles. The summed E-state index contributed by atoms with van der Waals surface area (Å²) < 4.78 is 4.27. The first kappa shape index (κ1) is 14.8. The highest BCUT2D eigenvalue weighted by molar-refractivity contribution is 5.95. The van der Waals surface area contributed by atoms with Crippen molar-refractivity contribution in [3.05, 3.63) is 12.2 Å². The molecule has 92 valence electrons. The van der Waals surface area contributed by atoms with Gasteiger partial charge in [0, 0.05) is 17.9 Å². The van der Waals surface area contributed by atoms with Gasteiger partial charge in [0.1, 0.15) is 0 Å². The van der Waals surface area contributed by atoms with E-state index in [0.29, 0.717) is 0 Å². The van der Waals surface area contributed by atoms with Gasteiger partial charge in [-0.1, -0.05) is 6.58 Å². The van der Waals surface area contributed by atoms with E-state index in [4.69, 9.17) is 15.3 Å². The molecule has 0 saturated carbocycles. The molecule has 6 nitrogen and oxygen atoms in total. The van der Waals surface area contributed by atoms with Gasteiger partial charge in [0.2, 0.25) is 0 Å². The van der Waals surface area contributed by atoms with Crippen molar-refractivity contribution in [2.24, 2.45) is 5.41 Å². The van der Waals surface area contributed by atoms with Gasteiger partial charge in [-0.15, -0.1) is 0 Å². The molecule has 0 aliphatic rings. The number of aliphatic hydroxyl groups is 3. The van der Waals surface area contributed by atoms with E-state index >= 15 is 0 Å². The molecule has 0 spiro atoms. The Hall–Kier alpha value is -1.24. The standard InChI is InChI=1S/C10H16O6/c1-7(9(15)16-8(2)14)3-10(4-11,5-12)6-13/h11-13H,1,3-6H2,2H3. The van der Waals surface area contributed by atoms with Gasteiger partial charge in [0.25, 0.3) is 0 Å². The predicted molar refractivity (Wildman–Crippen MR) is 54.2 cm³/mol. The molecular weight excluding hydrogens is 216 g/mol. The van der Waals surface area contributed by atoms with Crippen LogP contribution in [0.15, 0.2) is 12.2 Å². The van der Waals surface area contributed by atoms with Crippen LogP contribution in [0.4, 0.5) is 0 Å². The first-order valence-electron chi connectivity index (χ1n) is 4.64. The molecule has 0 heterocycles. The molecule has 0 rings (SSSR count). The Balaban J connectivity index is 4.52. The van der Waals surface area contributed by atoms with Gasteiger partial charge in [-0.05, 0) is 6.42 Å². The van der Waals surface area contributed by atoms with Gasteiger partial charge in [-0.2, -0.15) is 0 Å². The zero-order chi connectivity index (χ0) is 12.8. The third-order valence-electron chi connectivity index (χ3n) is 2.12. The van der Waals surface area contributed by atoms with E-state index in [2.05, 4.69) is 11.3 Å². The van der Waals surface area contributed by atoms with Crippen molar-refractivity contribution in [2.75, 3.05) is 19.8 Å². The summed E-state index contributed by atoms with van der Waals surface area (Å²) >= 11 is 0. The Morgan fingerprint density at radius 1 is 1.19 bits per heavy atom. The minimum Gasteiger partial charge on any atom is -0.396 e. The van der Waals surface area contributed by atoms with E-state index in [0.717, 1.165) is 6.92 Å². The lowest BCUT2D eigenvalue weighted by atomic mass is 9.84. The molecule has 0 aliphatic heterocycles. The Morgan fingerprint density at radius 3 is 1.94 bits per heavy atom. The Bertz CT molecular complexity index is 271. The second-order valence-corrected chi connectivity index (χ2v) is 3.64. The molecular formula is C10H16O6. The molecule has 0 bridgehead atoms. The highest BCUT2D eigenvalue weighted by Gasteiger charge is 2.31. The second-order valence-electron chi connectivity index (χ2n) is 3.64. The van der Waals surface area contributed by atoms with Crippen molar-refractivity contribution in [1.29, 1.82) is 0 Å². The van der Waals surface area contributed by atoms with Crippen molar-refractivity contribution in [2.45, 2.75) is 13.3 Å². The molecule has 3 N–H and O–H groups in total. The average Bonchev–Trinajstić information content (AvgIpc) is 2.25. The lowest BCUT2D eigenvalue weighted by Crippen LogP contribution is -2.35. The fraction of sp³-hybridized carbons (Fsp3) is 0.600. The van der Waals surface area contributed by atoms with Crippen LogP contribution in [0.5, 0.6) is 0 Å². The molecule has 0 aromatic carbocycles. The van der Waals surface area contributed by atoms with E-state index in [-0.39, 0.29) is 12.0 Å². The van der Waals surface area contributed by atoms with Crippen LogP contribution in [0, 0.1) is 5.41 Å². The van der Waals surface area contributed by atoms with E-state index < -0.39 is 37.2 Å². The van der Waals surface area contributed by atoms with Crippen LogP contribution in [0.2, 0.25) is 0 Å². The average molecular weight is 232 g/mol. The van der Waals surface area contributed by atoms with Gasteiger partial charge < -0.3 is 20.1 Å². The summed E-state index contributed by atoms with van der Waals surface area (Å²) in [5.41, 5.74) is -1.32. The highest BCUT2D eigenvalue weighted by Crippen LogP contribution is 2.24. The van der Waals surface area contributed by atoms with E-state index in [1.54, 1.807) is 0 Å². The Morgan fingerprint density at radius 2 is 1.62 bits per heavy atom. The minimum atomic E-state index is -1.23. The summed E-state index contributed by atoms with van der Waals surface area (Å²) in [5.74, 6) is -1.69. The first-order chi connectivity index (χ1) is 7.40. The van der Waals surface area contributed by atoms with Gasteiger partial charge in [0.15, 0.2) is 0 Å².